The van der Waals surface area contributed by atoms with Gasteiger partial charge in [-0.15, -0.1) is 10.2 Å². The second-order valence-corrected chi connectivity index (χ2v) is 4.33. The predicted octanol–water partition coefficient (Wildman–Crippen LogP) is 2.29. The average molecular weight is 260 g/mol. The summed E-state index contributed by atoms with van der Waals surface area (Å²) in [6, 6.07) is 6.41. The van der Waals surface area contributed by atoms with Gasteiger partial charge in [-0.1, -0.05) is 6.07 Å². The smallest absolute Gasteiger partial charge is 0.335 e. The SMILES string of the molecule is O=C(O)c1cccc(-c2nnc(C3CCCO3)o2)c1. The molecule has 2 aromatic rings. The van der Waals surface area contributed by atoms with Gasteiger partial charge in [0.25, 0.3) is 0 Å². The number of hydrogen-bond donors (Lipinski definition) is 1. The average Bonchev–Trinajstić information content (AvgIpc) is 3.09. The first-order chi connectivity index (χ1) is 9.24. The Morgan fingerprint density at radius 1 is 1.37 bits per heavy atom. The summed E-state index contributed by atoms with van der Waals surface area (Å²) in [5.41, 5.74) is 0.783. The standard InChI is InChI=1S/C13H12N2O4/c16-13(17)9-4-1-3-8(7-9)11-14-15-12(19-11)10-5-2-6-18-10/h1,3-4,7,10H,2,5-6H2,(H,16,17). The van der Waals surface area contributed by atoms with Gasteiger partial charge in [-0.05, 0) is 31.0 Å². The number of benzene rings is 1. The van der Waals surface area contributed by atoms with E-state index < -0.39 is 5.97 Å². The number of aromatic nitrogens is 2. The Balaban J connectivity index is 1.89. The lowest BCUT2D eigenvalue weighted by Gasteiger charge is -2.01. The third-order valence-electron chi connectivity index (χ3n) is 3.00. The van der Waals surface area contributed by atoms with Crippen molar-refractivity contribution in [2.24, 2.45) is 0 Å². The number of hydrogen-bond acceptors (Lipinski definition) is 5. The maximum Gasteiger partial charge on any atom is 0.335 e. The van der Waals surface area contributed by atoms with Crippen molar-refractivity contribution in [3.05, 3.63) is 35.7 Å². The lowest BCUT2D eigenvalue weighted by molar-refractivity contribution is 0.0697. The van der Waals surface area contributed by atoms with Crippen molar-refractivity contribution in [2.45, 2.75) is 18.9 Å². The van der Waals surface area contributed by atoms with Gasteiger partial charge >= 0.3 is 5.97 Å². The molecule has 0 amide bonds. The fraction of sp³-hybridized carbons (Fsp3) is 0.308. The van der Waals surface area contributed by atoms with E-state index >= 15 is 0 Å². The number of ether oxygens (including phenoxy) is 1. The number of carboxylic acids is 1. The quantitative estimate of drug-likeness (QED) is 0.911. The van der Waals surface area contributed by atoms with Crippen LogP contribution in [0.25, 0.3) is 11.5 Å². The van der Waals surface area contributed by atoms with Crippen molar-refractivity contribution in [2.75, 3.05) is 6.61 Å². The van der Waals surface area contributed by atoms with Crippen molar-refractivity contribution < 1.29 is 19.1 Å². The molecule has 0 saturated carbocycles. The molecule has 1 unspecified atom stereocenters. The van der Waals surface area contributed by atoms with Crippen molar-refractivity contribution in [1.29, 1.82) is 0 Å². The Labute approximate surface area is 109 Å². The van der Waals surface area contributed by atoms with Crippen molar-refractivity contribution in [1.82, 2.24) is 10.2 Å². The molecular weight excluding hydrogens is 248 g/mol. The van der Waals surface area contributed by atoms with Gasteiger partial charge in [0.1, 0.15) is 6.10 Å². The maximum absolute atomic E-state index is 10.9. The van der Waals surface area contributed by atoms with Crippen LogP contribution in [0.5, 0.6) is 0 Å². The first kappa shape index (κ1) is 11.9. The molecule has 1 N–H and O–H groups in total. The van der Waals surface area contributed by atoms with Crippen LogP contribution in [-0.2, 0) is 4.74 Å². The van der Waals surface area contributed by atoms with Crippen molar-refractivity contribution >= 4 is 5.97 Å². The van der Waals surface area contributed by atoms with E-state index in [1.807, 2.05) is 0 Å². The zero-order valence-electron chi connectivity index (χ0n) is 10.1. The van der Waals surface area contributed by atoms with Gasteiger partial charge in [-0.3, -0.25) is 0 Å². The molecule has 6 nitrogen and oxygen atoms in total. The summed E-state index contributed by atoms with van der Waals surface area (Å²) in [5.74, 6) is -0.220. The highest BCUT2D eigenvalue weighted by Crippen LogP contribution is 2.29. The lowest BCUT2D eigenvalue weighted by atomic mass is 10.1. The van der Waals surface area contributed by atoms with E-state index in [2.05, 4.69) is 10.2 Å². The molecule has 0 aliphatic carbocycles. The van der Waals surface area contributed by atoms with Gasteiger partial charge in [-0.25, -0.2) is 4.79 Å². The van der Waals surface area contributed by atoms with E-state index in [1.165, 1.54) is 12.1 Å². The topological polar surface area (TPSA) is 85.5 Å². The third kappa shape index (κ3) is 2.34. The third-order valence-corrected chi connectivity index (χ3v) is 3.00. The minimum absolute atomic E-state index is 0.135. The normalized spacial score (nSPS) is 18.6. The van der Waals surface area contributed by atoms with Gasteiger partial charge in [0.15, 0.2) is 0 Å². The molecule has 2 heterocycles. The van der Waals surface area contributed by atoms with Crippen molar-refractivity contribution in [3.8, 4) is 11.5 Å². The maximum atomic E-state index is 10.9. The van der Waals surface area contributed by atoms with E-state index in [9.17, 15) is 4.79 Å². The summed E-state index contributed by atoms with van der Waals surface area (Å²) < 4.78 is 11.0. The molecule has 0 radical (unpaired) electrons. The molecule has 1 aliphatic heterocycles. The van der Waals surface area contributed by atoms with Crippen LogP contribution in [0.1, 0.15) is 35.2 Å². The summed E-state index contributed by atoms with van der Waals surface area (Å²) in [6.07, 6.45) is 1.72. The zero-order valence-corrected chi connectivity index (χ0v) is 10.1. The lowest BCUT2D eigenvalue weighted by Crippen LogP contribution is -1.95. The number of carbonyl (C=O) groups is 1. The van der Waals surface area contributed by atoms with E-state index in [0.29, 0.717) is 24.0 Å². The first-order valence-electron chi connectivity index (χ1n) is 6.03. The Kier molecular flexibility index (Phi) is 3.00. The van der Waals surface area contributed by atoms with Gasteiger partial charge in [-0.2, -0.15) is 0 Å². The highest BCUT2D eigenvalue weighted by atomic mass is 16.5. The summed E-state index contributed by atoms with van der Waals surface area (Å²) in [5, 5.41) is 16.8. The van der Waals surface area contributed by atoms with Gasteiger partial charge < -0.3 is 14.3 Å². The van der Waals surface area contributed by atoms with Crippen LogP contribution in [0.3, 0.4) is 0 Å². The second kappa shape index (κ2) is 4.81. The Hall–Kier alpha value is -2.21. The van der Waals surface area contributed by atoms with Gasteiger partial charge in [0, 0.05) is 12.2 Å². The molecule has 1 atom stereocenters. The van der Waals surface area contributed by atoms with E-state index in [1.54, 1.807) is 12.1 Å². The second-order valence-electron chi connectivity index (χ2n) is 4.33. The van der Waals surface area contributed by atoms with Crippen molar-refractivity contribution in [3.63, 3.8) is 0 Å². The van der Waals surface area contributed by atoms with Crippen LogP contribution in [0.4, 0.5) is 0 Å². The fourth-order valence-corrected chi connectivity index (χ4v) is 2.04. The zero-order chi connectivity index (χ0) is 13.2. The van der Waals surface area contributed by atoms with Crippen LogP contribution >= 0.6 is 0 Å². The molecule has 0 bridgehead atoms. The molecular formula is C13H12N2O4. The summed E-state index contributed by atoms with van der Waals surface area (Å²) in [4.78, 5) is 10.9. The molecule has 98 valence electrons. The van der Waals surface area contributed by atoms with E-state index in [0.717, 1.165) is 12.8 Å². The molecule has 3 rings (SSSR count). The molecule has 1 aliphatic rings. The Morgan fingerprint density at radius 3 is 3.00 bits per heavy atom. The molecule has 1 aromatic heterocycles. The van der Waals surface area contributed by atoms with E-state index in [-0.39, 0.29) is 11.7 Å². The summed E-state index contributed by atoms with van der Waals surface area (Å²) in [7, 11) is 0. The summed E-state index contributed by atoms with van der Waals surface area (Å²) in [6.45, 7) is 0.705. The number of rotatable bonds is 3. The van der Waals surface area contributed by atoms with Crippen LogP contribution in [0, 0.1) is 0 Å². The molecule has 1 saturated heterocycles. The monoisotopic (exact) mass is 260 g/mol. The predicted molar refractivity (Wildman–Crippen MR) is 64.6 cm³/mol. The minimum Gasteiger partial charge on any atom is -0.478 e. The molecule has 6 heteroatoms. The fourth-order valence-electron chi connectivity index (χ4n) is 2.04. The largest absolute Gasteiger partial charge is 0.478 e. The summed E-state index contributed by atoms with van der Waals surface area (Å²) >= 11 is 0. The number of aromatic carboxylic acids is 1. The number of carboxylic acid groups (broad SMARTS) is 1. The van der Waals surface area contributed by atoms with E-state index in [4.69, 9.17) is 14.3 Å². The van der Waals surface area contributed by atoms with Crippen LogP contribution in [0.15, 0.2) is 28.7 Å². The van der Waals surface area contributed by atoms with Gasteiger partial charge in [0.2, 0.25) is 11.8 Å². The van der Waals surface area contributed by atoms with Crippen LogP contribution in [-0.4, -0.2) is 27.9 Å². The molecule has 19 heavy (non-hydrogen) atoms. The highest BCUT2D eigenvalue weighted by molar-refractivity contribution is 5.88. The van der Waals surface area contributed by atoms with Gasteiger partial charge in [0.05, 0.1) is 5.56 Å². The van der Waals surface area contributed by atoms with Crippen LogP contribution < -0.4 is 0 Å². The molecule has 1 fully saturated rings. The Morgan fingerprint density at radius 2 is 2.26 bits per heavy atom. The molecule has 1 aromatic carbocycles. The first-order valence-corrected chi connectivity index (χ1v) is 6.03. The van der Waals surface area contributed by atoms with Crippen LogP contribution in [0.2, 0.25) is 0 Å². The molecule has 0 spiro atoms. The number of nitrogens with zero attached hydrogens (tertiary/aromatic N) is 2. The Bertz CT molecular complexity index is 602. The highest BCUT2D eigenvalue weighted by Gasteiger charge is 2.24. The minimum atomic E-state index is -0.985.